The number of rotatable bonds is 91. The van der Waals surface area contributed by atoms with Gasteiger partial charge in [-0.3, -0.25) is 37.3 Å². The van der Waals surface area contributed by atoms with Crippen LogP contribution in [0.15, 0.2) is 0 Å². The molecule has 0 aliphatic carbocycles. The first-order valence-electron chi connectivity index (χ1n) is 47.1. The summed E-state index contributed by atoms with van der Waals surface area (Å²) in [5, 5.41) is 10.7. The van der Waals surface area contributed by atoms with Gasteiger partial charge in [-0.25, -0.2) is 9.13 Å². The van der Waals surface area contributed by atoms with Crippen LogP contribution in [0.2, 0.25) is 0 Å². The van der Waals surface area contributed by atoms with Crippen molar-refractivity contribution in [3.63, 3.8) is 0 Å². The number of hydrogen-bond donors (Lipinski definition) is 3. The number of carbonyl (C=O) groups is 4. The van der Waals surface area contributed by atoms with Crippen LogP contribution in [0.25, 0.3) is 0 Å². The smallest absolute Gasteiger partial charge is 0.462 e. The Balaban J connectivity index is 5.13. The van der Waals surface area contributed by atoms with Gasteiger partial charge in [0.05, 0.1) is 26.4 Å². The van der Waals surface area contributed by atoms with Gasteiger partial charge in [0.1, 0.15) is 19.3 Å². The summed E-state index contributed by atoms with van der Waals surface area (Å²) in [5.74, 6) is -1.28. The molecule has 0 radical (unpaired) electrons. The minimum Gasteiger partial charge on any atom is -0.462 e. The summed E-state index contributed by atoms with van der Waals surface area (Å²) < 4.78 is 68.9. The lowest BCUT2D eigenvalue weighted by Crippen LogP contribution is -2.30. The van der Waals surface area contributed by atoms with Gasteiger partial charge in [0.2, 0.25) is 0 Å². The van der Waals surface area contributed by atoms with Gasteiger partial charge in [-0.05, 0) is 31.6 Å². The average molecular weight is 1610 g/mol. The van der Waals surface area contributed by atoms with E-state index in [1.165, 1.54) is 308 Å². The minimum atomic E-state index is -4.97. The maximum Gasteiger partial charge on any atom is 0.472 e. The van der Waals surface area contributed by atoms with Crippen LogP contribution < -0.4 is 0 Å². The van der Waals surface area contributed by atoms with E-state index in [2.05, 4.69) is 34.6 Å². The molecule has 5 atom stereocenters. The number of ether oxygens (including phenoxy) is 4. The van der Waals surface area contributed by atoms with Crippen LogP contribution in [0.5, 0.6) is 0 Å². The van der Waals surface area contributed by atoms with Crippen molar-refractivity contribution in [3.8, 4) is 0 Å². The molecule has 0 saturated carbocycles. The predicted octanol–water partition coefficient (Wildman–Crippen LogP) is 28.3. The molecular formula is C91H178O17P2. The predicted molar refractivity (Wildman–Crippen MR) is 455 cm³/mol. The van der Waals surface area contributed by atoms with Gasteiger partial charge in [-0.1, -0.05) is 446 Å². The summed E-state index contributed by atoms with van der Waals surface area (Å²) >= 11 is 0. The highest BCUT2D eigenvalue weighted by atomic mass is 31.2. The van der Waals surface area contributed by atoms with Crippen LogP contribution in [0.4, 0.5) is 0 Å². The third-order valence-electron chi connectivity index (χ3n) is 21.5. The second-order valence-electron chi connectivity index (χ2n) is 33.2. The van der Waals surface area contributed by atoms with E-state index < -0.39 is 97.5 Å². The molecule has 2 unspecified atom stereocenters. The van der Waals surface area contributed by atoms with Crippen molar-refractivity contribution in [2.75, 3.05) is 39.6 Å². The molecule has 3 N–H and O–H groups in total. The molecule has 654 valence electrons. The molecule has 19 heteroatoms. The molecule has 0 aliphatic rings. The van der Waals surface area contributed by atoms with Gasteiger partial charge < -0.3 is 33.8 Å². The van der Waals surface area contributed by atoms with Crippen molar-refractivity contribution in [3.05, 3.63) is 0 Å². The summed E-state index contributed by atoms with van der Waals surface area (Å²) in [6.07, 6.45) is 79.6. The third-order valence-corrected chi connectivity index (χ3v) is 23.4. The van der Waals surface area contributed by atoms with Crippen LogP contribution in [0, 0.1) is 5.92 Å². The topological polar surface area (TPSA) is 237 Å². The largest absolute Gasteiger partial charge is 0.472 e. The lowest BCUT2D eigenvalue weighted by atomic mass is 10.0. The molecule has 0 spiro atoms. The Morgan fingerprint density at radius 1 is 0.245 bits per heavy atom. The average Bonchev–Trinajstić information content (AvgIpc) is 0.899. The molecule has 17 nitrogen and oxygen atoms in total. The number of phosphoric acid groups is 2. The molecule has 0 fully saturated rings. The third kappa shape index (κ3) is 84.0. The molecule has 0 bridgehead atoms. The molecular weight excluding hydrogens is 1430 g/mol. The van der Waals surface area contributed by atoms with Gasteiger partial charge in [-0.15, -0.1) is 0 Å². The van der Waals surface area contributed by atoms with Crippen molar-refractivity contribution in [2.45, 2.75) is 515 Å². The normalized spacial score (nSPS) is 13.7. The quantitative estimate of drug-likeness (QED) is 0.0222. The van der Waals surface area contributed by atoms with Crippen LogP contribution in [0.1, 0.15) is 497 Å². The van der Waals surface area contributed by atoms with Crippen molar-refractivity contribution in [1.82, 2.24) is 0 Å². The number of aliphatic hydroxyl groups is 1. The Bertz CT molecular complexity index is 2080. The maximum atomic E-state index is 13.2. The number of unbranched alkanes of at least 4 members (excludes halogenated alkanes) is 63. The van der Waals surface area contributed by atoms with E-state index in [1.807, 2.05) is 0 Å². The maximum absolute atomic E-state index is 13.2. The van der Waals surface area contributed by atoms with Gasteiger partial charge in [-0.2, -0.15) is 0 Å². The summed E-state index contributed by atoms with van der Waals surface area (Å²) in [6, 6.07) is 0. The number of carbonyl (C=O) groups excluding carboxylic acids is 4. The van der Waals surface area contributed by atoms with E-state index in [4.69, 9.17) is 37.0 Å². The van der Waals surface area contributed by atoms with E-state index in [-0.39, 0.29) is 25.7 Å². The second kappa shape index (κ2) is 83.5. The monoisotopic (exact) mass is 1610 g/mol. The van der Waals surface area contributed by atoms with Crippen LogP contribution >= 0.6 is 15.6 Å². The van der Waals surface area contributed by atoms with Crippen LogP contribution in [-0.2, 0) is 65.4 Å². The number of esters is 4. The fourth-order valence-corrected chi connectivity index (χ4v) is 15.9. The SMILES string of the molecule is CCCCCCCCCCCCCCCCCCCCCCCCC(=O)O[C@H](COC(=O)CCCCCCCCCCCCCCCCCCCCC(C)C)COP(=O)(O)OC[C@@H](O)COP(=O)(O)OC[C@@H](COC(=O)CCCCCCCCC)OC(=O)CCCCCCCCCCCCCCCCCCCCCC. The Morgan fingerprint density at radius 2 is 0.418 bits per heavy atom. The van der Waals surface area contributed by atoms with Crippen molar-refractivity contribution in [2.24, 2.45) is 5.92 Å². The fourth-order valence-electron chi connectivity index (χ4n) is 14.4. The van der Waals surface area contributed by atoms with Crippen molar-refractivity contribution in [1.29, 1.82) is 0 Å². The summed E-state index contributed by atoms with van der Waals surface area (Å²) in [7, 11) is -9.93. The summed E-state index contributed by atoms with van der Waals surface area (Å²) in [4.78, 5) is 73.2. The van der Waals surface area contributed by atoms with Crippen LogP contribution in [-0.4, -0.2) is 96.7 Å². The van der Waals surface area contributed by atoms with E-state index in [0.717, 1.165) is 109 Å². The molecule has 0 rings (SSSR count). The van der Waals surface area contributed by atoms with E-state index in [0.29, 0.717) is 25.7 Å². The second-order valence-corrected chi connectivity index (χ2v) is 36.1. The molecule has 0 heterocycles. The van der Waals surface area contributed by atoms with Gasteiger partial charge >= 0.3 is 39.5 Å². The molecule has 0 aromatic rings. The first kappa shape index (κ1) is 108. The molecule has 0 aliphatic heterocycles. The lowest BCUT2D eigenvalue weighted by molar-refractivity contribution is -0.161. The lowest BCUT2D eigenvalue weighted by Gasteiger charge is -2.21. The highest BCUT2D eigenvalue weighted by Gasteiger charge is 2.31. The number of hydrogen-bond acceptors (Lipinski definition) is 15. The molecule has 0 saturated heterocycles. The fraction of sp³-hybridized carbons (Fsp3) is 0.956. The van der Waals surface area contributed by atoms with Crippen molar-refractivity contribution < 1.29 is 80.2 Å². The first-order chi connectivity index (χ1) is 53.5. The molecule has 0 aromatic heterocycles. The highest BCUT2D eigenvalue weighted by molar-refractivity contribution is 7.47. The zero-order valence-corrected chi connectivity index (χ0v) is 74.2. The zero-order chi connectivity index (χ0) is 80.4. The van der Waals surface area contributed by atoms with E-state index in [1.54, 1.807) is 0 Å². The highest BCUT2D eigenvalue weighted by Crippen LogP contribution is 2.45. The van der Waals surface area contributed by atoms with Gasteiger partial charge in [0.15, 0.2) is 12.2 Å². The first-order valence-corrected chi connectivity index (χ1v) is 50.1. The number of aliphatic hydroxyl groups excluding tert-OH is 1. The number of phosphoric ester groups is 2. The Kier molecular flexibility index (Phi) is 82.1. The van der Waals surface area contributed by atoms with Crippen molar-refractivity contribution >= 4 is 39.5 Å². The van der Waals surface area contributed by atoms with E-state index >= 15 is 0 Å². The standard InChI is InChI=1S/C91H178O17P2/c1-6-9-12-15-18-20-22-24-26-28-30-32-33-35-41-45-49-53-57-62-67-72-77-91(96)108-87(81-102-89(94)75-70-65-60-55-51-47-43-39-37-36-38-42-46-50-54-59-63-68-73-84(4)5)83-106-110(99,100)104-79-85(92)78-103-109(97,98)105-82-86(80-101-88(93)74-69-64-58-17-14-11-8-3)107-90(95)76-71-66-61-56-52-48-44-40-34-31-29-27-25-23-21-19-16-13-10-7-2/h84-87,92H,6-83H2,1-5H3,(H,97,98)(H,99,100)/t85-,86+,87+/m0/s1. The zero-order valence-electron chi connectivity index (χ0n) is 72.4. The summed E-state index contributed by atoms with van der Waals surface area (Å²) in [5.41, 5.74) is 0. The van der Waals surface area contributed by atoms with Crippen LogP contribution in [0.3, 0.4) is 0 Å². The Hall–Kier alpha value is -1.94. The molecule has 0 amide bonds. The molecule has 0 aromatic carbocycles. The van der Waals surface area contributed by atoms with Gasteiger partial charge in [0, 0.05) is 25.7 Å². The molecule has 110 heavy (non-hydrogen) atoms. The Morgan fingerprint density at radius 3 is 0.618 bits per heavy atom. The Labute approximate surface area is 677 Å². The minimum absolute atomic E-state index is 0.109. The van der Waals surface area contributed by atoms with E-state index in [9.17, 15) is 43.2 Å². The summed E-state index contributed by atoms with van der Waals surface area (Å²) in [6.45, 7) is 7.38. The van der Waals surface area contributed by atoms with Gasteiger partial charge in [0.25, 0.3) is 0 Å².